The van der Waals surface area contributed by atoms with Crippen LogP contribution in [0.3, 0.4) is 0 Å². The quantitative estimate of drug-likeness (QED) is 0.659. The molecule has 0 aliphatic rings. The van der Waals surface area contributed by atoms with E-state index in [0.29, 0.717) is 10.7 Å². The third kappa shape index (κ3) is 4.36. The first-order chi connectivity index (χ1) is 9.94. The lowest BCUT2D eigenvalue weighted by Crippen LogP contribution is -2.08. The Morgan fingerprint density at radius 3 is 2.43 bits per heavy atom. The Bertz CT molecular complexity index is 688. The number of nitrogens with two attached hydrogens (primary N) is 1. The van der Waals surface area contributed by atoms with Gasteiger partial charge in [-0.3, -0.25) is 4.79 Å². The van der Waals surface area contributed by atoms with Gasteiger partial charge in [0.2, 0.25) is 5.91 Å². The predicted octanol–water partition coefficient (Wildman–Crippen LogP) is 4.19. The van der Waals surface area contributed by atoms with Gasteiger partial charge in [0, 0.05) is 11.8 Å². The molecule has 0 unspecified atom stereocenters. The van der Waals surface area contributed by atoms with E-state index in [0.717, 1.165) is 22.4 Å². The van der Waals surface area contributed by atoms with E-state index in [1.807, 2.05) is 26.0 Å². The number of hydrogen-bond donors (Lipinski definition) is 2. The van der Waals surface area contributed by atoms with Crippen LogP contribution < -0.4 is 11.1 Å². The summed E-state index contributed by atoms with van der Waals surface area (Å²) < 4.78 is 0. The highest BCUT2D eigenvalue weighted by atomic mass is 35.5. The predicted molar refractivity (Wildman–Crippen MR) is 89.4 cm³/mol. The molecule has 2 aromatic rings. The average Bonchev–Trinajstić information content (AvgIpc) is 2.39. The molecule has 0 saturated heterocycles. The molecular formula is C17H17ClN2O. The molecule has 0 aromatic heterocycles. The standard InChI is InChI=1S/C17H17ClN2O/c1-11-7-12(2)9-14(8-11)20-17(21)6-4-13-3-5-15(18)16(19)10-13/h3-10H,19H2,1-2H3,(H,20,21)/b6-4+. The van der Waals surface area contributed by atoms with E-state index >= 15 is 0 Å². The first-order valence-corrected chi connectivity index (χ1v) is 6.94. The van der Waals surface area contributed by atoms with Crippen molar-refractivity contribution in [3.05, 3.63) is 64.2 Å². The first-order valence-electron chi connectivity index (χ1n) is 6.56. The molecule has 0 heterocycles. The van der Waals surface area contributed by atoms with E-state index in [1.54, 1.807) is 24.3 Å². The van der Waals surface area contributed by atoms with Crippen LogP contribution in [-0.2, 0) is 4.79 Å². The molecule has 108 valence electrons. The molecule has 0 aliphatic carbocycles. The highest BCUT2D eigenvalue weighted by molar-refractivity contribution is 6.33. The topological polar surface area (TPSA) is 55.1 Å². The van der Waals surface area contributed by atoms with E-state index < -0.39 is 0 Å². The van der Waals surface area contributed by atoms with E-state index in [-0.39, 0.29) is 5.91 Å². The number of benzene rings is 2. The lowest BCUT2D eigenvalue weighted by atomic mass is 10.1. The highest BCUT2D eigenvalue weighted by Gasteiger charge is 2.00. The highest BCUT2D eigenvalue weighted by Crippen LogP contribution is 2.20. The van der Waals surface area contributed by atoms with Crippen LogP contribution >= 0.6 is 11.6 Å². The van der Waals surface area contributed by atoms with Crippen molar-refractivity contribution in [1.29, 1.82) is 0 Å². The molecule has 1 amide bonds. The summed E-state index contributed by atoms with van der Waals surface area (Å²) in [6, 6.07) is 11.2. The fourth-order valence-corrected chi connectivity index (χ4v) is 2.19. The molecule has 0 atom stereocenters. The summed E-state index contributed by atoms with van der Waals surface area (Å²) in [5, 5.41) is 3.34. The van der Waals surface area contributed by atoms with Crippen molar-refractivity contribution in [2.75, 3.05) is 11.1 Å². The number of nitrogens with one attached hydrogen (secondary N) is 1. The van der Waals surface area contributed by atoms with Crippen LogP contribution in [0.4, 0.5) is 11.4 Å². The van der Waals surface area contributed by atoms with Crippen molar-refractivity contribution in [2.24, 2.45) is 0 Å². The fraction of sp³-hybridized carbons (Fsp3) is 0.118. The second kappa shape index (κ2) is 6.46. The van der Waals surface area contributed by atoms with Crippen molar-refractivity contribution in [1.82, 2.24) is 0 Å². The van der Waals surface area contributed by atoms with Crippen LogP contribution in [0.15, 0.2) is 42.5 Å². The van der Waals surface area contributed by atoms with Gasteiger partial charge in [0.25, 0.3) is 0 Å². The second-order valence-corrected chi connectivity index (χ2v) is 5.39. The molecule has 0 aliphatic heterocycles. The van der Waals surface area contributed by atoms with Crippen LogP contribution in [0.5, 0.6) is 0 Å². The number of carbonyl (C=O) groups is 1. The second-order valence-electron chi connectivity index (χ2n) is 4.98. The number of hydrogen-bond acceptors (Lipinski definition) is 2. The monoisotopic (exact) mass is 300 g/mol. The maximum absolute atomic E-state index is 11.9. The van der Waals surface area contributed by atoms with E-state index in [2.05, 4.69) is 11.4 Å². The Morgan fingerprint density at radius 1 is 1.14 bits per heavy atom. The zero-order chi connectivity index (χ0) is 15.4. The Hall–Kier alpha value is -2.26. The van der Waals surface area contributed by atoms with Crippen molar-refractivity contribution in [2.45, 2.75) is 13.8 Å². The van der Waals surface area contributed by atoms with E-state index in [9.17, 15) is 4.79 Å². The Labute approximate surface area is 129 Å². The minimum atomic E-state index is -0.187. The van der Waals surface area contributed by atoms with E-state index in [4.69, 9.17) is 17.3 Å². The maximum atomic E-state index is 11.9. The van der Waals surface area contributed by atoms with Gasteiger partial charge in [-0.1, -0.05) is 23.7 Å². The van der Waals surface area contributed by atoms with Crippen LogP contribution in [0, 0.1) is 13.8 Å². The van der Waals surface area contributed by atoms with Gasteiger partial charge < -0.3 is 11.1 Å². The molecule has 0 bridgehead atoms. The molecule has 3 nitrogen and oxygen atoms in total. The molecule has 21 heavy (non-hydrogen) atoms. The molecule has 0 fully saturated rings. The summed E-state index contributed by atoms with van der Waals surface area (Å²) in [6.07, 6.45) is 3.17. The van der Waals surface area contributed by atoms with Gasteiger partial charge in [0.1, 0.15) is 0 Å². The Balaban J connectivity index is 2.07. The third-order valence-electron chi connectivity index (χ3n) is 2.94. The van der Waals surface area contributed by atoms with Crippen molar-refractivity contribution < 1.29 is 4.79 Å². The van der Waals surface area contributed by atoms with Crippen LogP contribution in [-0.4, -0.2) is 5.91 Å². The molecule has 0 spiro atoms. The number of amides is 1. The average molecular weight is 301 g/mol. The van der Waals surface area contributed by atoms with Gasteiger partial charge in [-0.25, -0.2) is 0 Å². The number of rotatable bonds is 3. The maximum Gasteiger partial charge on any atom is 0.248 e. The smallest absolute Gasteiger partial charge is 0.248 e. The number of aryl methyl sites for hydroxylation is 2. The minimum absolute atomic E-state index is 0.187. The van der Waals surface area contributed by atoms with Gasteiger partial charge in [-0.05, 0) is 60.9 Å². The molecule has 0 saturated carbocycles. The normalized spacial score (nSPS) is 10.8. The zero-order valence-corrected chi connectivity index (χ0v) is 12.7. The summed E-state index contributed by atoms with van der Waals surface area (Å²) >= 11 is 5.85. The lowest BCUT2D eigenvalue weighted by Gasteiger charge is -2.05. The number of nitrogen functional groups attached to an aromatic ring is 1. The molecule has 2 aromatic carbocycles. The van der Waals surface area contributed by atoms with Crippen LogP contribution in [0.2, 0.25) is 5.02 Å². The molecule has 0 radical (unpaired) electrons. The molecule has 2 rings (SSSR count). The zero-order valence-electron chi connectivity index (χ0n) is 12.0. The molecule has 3 N–H and O–H groups in total. The van der Waals surface area contributed by atoms with Gasteiger partial charge in [0.15, 0.2) is 0 Å². The SMILES string of the molecule is Cc1cc(C)cc(NC(=O)/C=C/c2ccc(Cl)c(N)c2)c1. The van der Waals surface area contributed by atoms with Crippen LogP contribution in [0.25, 0.3) is 6.08 Å². The van der Waals surface area contributed by atoms with Gasteiger partial charge >= 0.3 is 0 Å². The third-order valence-corrected chi connectivity index (χ3v) is 3.28. The Kier molecular flexibility index (Phi) is 4.66. The number of anilines is 2. The van der Waals surface area contributed by atoms with Crippen molar-refractivity contribution in [3.8, 4) is 0 Å². The minimum Gasteiger partial charge on any atom is -0.398 e. The van der Waals surface area contributed by atoms with Gasteiger partial charge in [0.05, 0.1) is 10.7 Å². The summed E-state index contributed by atoms with van der Waals surface area (Å²) in [6.45, 7) is 3.99. The van der Waals surface area contributed by atoms with Crippen molar-refractivity contribution >= 4 is 35.0 Å². The summed E-state index contributed by atoms with van der Waals surface area (Å²) in [4.78, 5) is 11.9. The molecule has 4 heteroatoms. The summed E-state index contributed by atoms with van der Waals surface area (Å²) in [5.41, 5.74) is 10.0. The van der Waals surface area contributed by atoms with Crippen LogP contribution in [0.1, 0.15) is 16.7 Å². The Morgan fingerprint density at radius 2 is 1.81 bits per heavy atom. The fourth-order valence-electron chi connectivity index (χ4n) is 2.07. The summed E-state index contributed by atoms with van der Waals surface area (Å²) in [5.74, 6) is -0.187. The largest absolute Gasteiger partial charge is 0.398 e. The van der Waals surface area contributed by atoms with Crippen molar-refractivity contribution in [3.63, 3.8) is 0 Å². The molecular weight excluding hydrogens is 284 g/mol. The number of carbonyl (C=O) groups excluding carboxylic acids is 1. The van der Waals surface area contributed by atoms with E-state index in [1.165, 1.54) is 6.08 Å². The summed E-state index contributed by atoms with van der Waals surface area (Å²) in [7, 11) is 0. The lowest BCUT2D eigenvalue weighted by molar-refractivity contribution is -0.111. The van der Waals surface area contributed by atoms with Gasteiger partial charge in [-0.2, -0.15) is 0 Å². The first kappa shape index (κ1) is 15.1. The number of halogens is 1. The van der Waals surface area contributed by atoms with Gasteiger partial charge in [-0.15, -0.1) is 0 Å².